The highest BCUT2D eigenvalue weighted by Gasteiger charge is 2.17. The molecule has 2 aromatic carbocycles. The highest BCUT2D eigenvalue weighted by atomic mass is 32.1. The van der Waals surface area contributed by atoms with E-state index in [1.807, 2.05) is 0 Å². The summed E-state index contributed by atoms with van der Waals surface area (Å²) < 4.78 is 0. The van der Waals surface area contributed by atoms with Crippen molar-refractivity contribution in [2.75, 3.05) is 5.73 Å². The van der Waals surface area contributed by atoms with E-state index in [9.17, 15) is 0 Å². The Morgan fingerprint density at radius 2 is 2.00 bits per heavy atom. The van der Waals surface area contributed by atoms with Gasteiger partial charge >= 0.3 is 0 Å². The molecule has 0 bridgehead atoms. The number of nitrogens with two attached hydrogens (primary N) is 1. The van der Waals surface area contributed by atoms with Crippen LogP contribution < -0.4 is 5.73 Å². The van der Waals surface area contributed by atoms with Crippen molar-refractivity contribution in [3.05, 3.63) is 69.2 Å². The lowest BCUT2D eigenvalue weighted by Crippen LogP contribution is -2.06. The first-order chi connectivity index (χ1) is 12.5. The van der Waals surface area contributed by atoms with Gasteiger partial charge in [0.1, 0.15) is 5.01 Å². The fraction of sp³-hybridized carbons (Fsp3) is 0.348. The third-order valence-corrected chi connectivity index (χ3v) is 6.59. The lowest BCUT2D eigenvalue weighted by Gasteiger charge is -2.22. The molecule has 0 saturated carbocycles. The van der Waals surface area contributed by atoms with Gasteiger partial charge in [-0.2, -0.15) is 0 Å². The molecule has 26 heavy (non-hydrogen) atoms. The van der Waals surface area contributed by atoms with Gasteiger partial charge in [-0.15, -0.1) is 11.3 Å². The monoisotopic (exact) mass is 362 g/mol. The molecule has 0 amide bonds. The van der Waals surface area contributed by atoms with Crippen LogP contribution in [0.15, 0.2) is 35.7 Å². The van der Waals surface area contributed by atoms with Gasteiger partial charge in [0.2, 0.25) is 0 Å². The molecule has 1 aromatic heterocycles. The summed E-state index contributed by atoms with van der Waals surface area (Å²) in [6.07, 6.45) is 4.69. The molecule has 0 radical (unpaired) electrons. The van der Waals surface area contributed by atoms with Crippen molar-refractivity contribution in [3.63, 3.8) is 0 Å². The maximum Gasteiger partial charge on any atom is 0.123 e. The normalized spacial score (nSPS) is 16.5. The number of thiazole rings is 1. The van der Waals surface area contributed by atoms with Crippen LogP contribution in [0.5, 0.6) is 0 Å². The zero-order valence-corrected chi connectivity index (χ0v) is 16.6. The van der Waals surface area contributed by atoms with Gasteiger partial charge in [0, 0.05) is 23.1 Å². The molecule has 134 valence electrons. The number of aryl methyl sites for hydroxylation is 3. The fourth-order valence-corrected chi connectivity index (χ4v) is 4.81. The van der Waals surface area contributed by atoms with E-state index in [1.54, 1.807) is 11.3 Å². The van der Waals surface area contributed by atoms with Gasteiger partial charge < -0.3 is 5.73 Å². The molecule has 0 spiro atoms. The van der Waals surface area contributed by atoms with Gasteiger partial charge in [0.05, 0.1) is 5.69 Å². The summed E-state index contributed by atoms with van der Waals surface area (Å²) in [6.45, 7) is 6.54. The van der Waals surface area contributed by atoms with Crippen LogP contribution >= 0.6 is 11.3 Å². The van der Waals surface area contributed by atoms with Gasteiger partial charge in [-0.1, -0.05) is 25.1 Å². The van der Waals surface area contributed by atoms with E-state index < -0.39 is 0 Å². The fourth-order valence-electron chi connectivity index (χ4n) is 3.99. The van der Waals surface area contributed by atoms with Crippen LogP contribution in [0.1, 0.15) is 59.2 Å². The van der Waals surface area contributed by atoms with Crippen LogP contribution in [-0.2, 0) is 12.8 Å². The van der Waals surface area contributed by atoms with Crippen LogP contribution in [0.25, 0.3) is 10.6 Å². The second-order valence-corrected chi connectivity index (χ2v) is 8.52. The zero-order chi connectivity index (χ0) is 18.3. The van der Waals surface area contributed by atoms with Crippen molar-refractivity contribution in [3.8, 4) is 10.6 Å². The van der Waals surface area contributed by atoms with Crippen molar-refractivity contribution in [1.29, 1.82) is 0 Å². The van der Waals surface area contributed by atoms with E-state index in [0.717, 1.165) is 28.4 Å². The Morgan fingerprint density at radius 3 is 2.85 bits per heavy atom. The lowest BCUT2D eigenvalue weighted by atomic mass is 9.83. The second kappa shape index (κ2) is 6.88. The molecule has 1 unspecified atom stereocenters. The number of aromatic nitrogens is 1. The molecule has 1 atom stereocenters. The van der Waals surface area contributed by atoms with E-state index >= 15 is 0 Å². The number of fused-ring (bicyclic) bond motifs is 1. The molecule has 3 aromatic rings. The predicted octanol–water partition coefficient (Wildman–Crippen LogP) is 6.04. The Morgan fingerprint density at radius 1 is 1.15 bits per heavy atom. The first kappa shape index (κ1) is 17.3. The van der Waals surface area contributed by atoms with Gasteiger partial charge in [-0.05, 0) is 79.0 Å². The van der Waals surface area contributed by atoms with Crippen LogP contribution in [0.4, 0.5) is 5.69 Å². The molecule has 1 aliphatic rings. The Kier molecular flexibility index (Phi) is 4.58. The lowest BCUT2D eigenvalue weighted by molar-refractivity contribution is 0.590. The zero-order valence-electron chi connectivity index (χ0n) is 15.8. The molecule has 2 N–H and O–H groups in total. The minimum Gasteiger partial charge on any atom is -0.399 e. The highest BCUT2D eigenvalue weighted by molar-refractivity contribution is 7.13. The molecule has 0 aliphatic heterocycles. The van der Waals surface area contributed by atoms with Crippen molar-refractivity contribution in [2.24, 2.45) is 0 Å². The highest BCUT2D eigenvalue weighted by Crippen LogP contribution is 2.35. The van der Waals surface area contributed by atoms with Gasteiger partial charge in [-0.3, -0.25) is 0 Å². The average molecular weight is 363 g/mol. The van der Waals surface area contributed by atoms with Crippen LogP contribution in [0.2, 0.25) is 0 Å². The third kappa shape index (κ3) is 3.28. The number of nitrogen functional groups attached to an aromatic ring is 1. The van der Waals surface area contributed by atoms with Crippen LogP contribution in [0.3, 0.4) is 0 Å². The summed E-state index contributed by atoms with van der Waals surface area (Å²) >= 11 is 1.75. The minimum atomic E-state index is 0.691. The summed E-state index contributed by atoms with van der Waals surface area (Å²) in [5.41, 5.74) is 16.0. The molecule has 2 nitrogen and oxygen atoms in total. The Balaban J connectivity index is 1.60. The molecule has 0 saturated heterocycles. The molecule has 3 heteroatoms. The topological polar surface area (TPSA) is 38.9 Å². The first-order valence-electron chi connectivity index (χ1n) is 9.44. The van der Waals surface area contributed by atoms with E-state index in [-0.39, 0.29) is 0 Å². The summed E-state index contributed by atoms with van der Waals surface area (Å²) in [4.78, 5) is 4.92. The van der Waals surface area contributed by atoms with E-state index in [1.165, 1.54) is 47.1 Å². The summed E-state index contributed by atoms with van der Waals surface area (Å²) in [7, 11) is 0. The number of hydrogen-bond acceptors (Lipinski definition) is 3. The maximum absolute atomic E-state index is 6.01. The van der Waals surface area contributed by atoms with Gasteiger partial charge in [0.15, 0.2) is 0 Å². The average Bonchev–Trinajstić information content (AvgIpc) is 3.08. The van der Waals surface area contributed by atoms with Crippen molar-refractivity contribution >= 4 is 17.0 Å². The molecule has 0 fully saturated rings. The third-order valence-electron chi connectivity index (χ3n) is 5.65. The maximum atomic E-state index is 6.01. The van der Waals surface area contributed by atoms with Gasteiger partial charge in [0.25, 0.3) is 0 Å². The SMILES string of the molecule is Cc1cc(Cc2csc(-c3ccc4c(c3)CCCC4C)n2)c(C)cc1N. The summed E-state index contributed by atoms with van der Waals surface area (Å²) in [5.74, 6) is 0.691. The van der Waals surface area contributed by atoms with Crippen molar-refractivity contribution in [2.45, 2.75) is 52.4 Å². The number of benzene rings is 2. The molecular formula is C23H26N2S. The standard InChI is InChI=1S/C23H26N2S/c1-14-5-4-6-17-11-18(7-8-21(14)17)23-25-20(13-26-23)12-19-9-16(3)22(24)10-15(19)2/h7-11,13-14H,4-6,12,24H2,1-3H3. The van der Waals surface area contributed by atoms with E-state index in [4.69, 9.17) is 10.7 Å². The smallest absolute Gasteiger partial charge is 0.123 e. The number of nitrogens with zero attached hydrogens (tertiary/aromatic N) is 1. The Hall–Kier alpha value is -2.13. The summed E-state index contributed by atoms with van der Waals surface area (Å²) in [5, 5.41) is 3.33. The largest absolute Gasteiger partial charge is 0.399 e. The Labute approximate surface area is 160 Å². The van der Waals surface area contributed by atoms with Crippen LogP contribution in [0, 0.1) is 13.8 Å². The first-order valence-corrected chi connectivity index (χ1v) is 10.3. The van der Waals surface area contributed by atoms with E-state index in [2.05, 4.69) is 56.5 Å². The van der Waals surface area contributed by atoms with E-state index in [0.29, 0.717) is 5.92 Å². The van der Waals surface area contributed by atoms with Crippen LogP contribution in [-0.4, -0.2) is 4.98 Å². The number of anilines is 1. The molecule has 4 rings (SSSR count). The predicted molar refractivity (Wildman–Crippen MR) is 112 cm³/mol. The molecule has 1 heterocycles. The number of hydrogen-bond donors (Lipinski definition) is 1. The van der Waals surface area contributed by atoms with Gasteiger partial charge in [-0.25, -0.2) is 4.98 Å². The number of rotatable bonds is 3. The second-order valence-electron chi connectivity index (χ2n) is 7.66. The van der Waals surface area contributed by atoms with Crippen molar-refractivity contribution in [1.82, 2.24) is 4.98 Å². The molecular weight excluding hydrogens is 336 g/mol. The van der Waals surface area contributed by atoms with Crippen molar-refractivity contribution < 1.29 is 0 Å². The molecule has 1 aliphatic carbocycles. The quantitative estimate of drug-likeness (QED) is 0.577. The minimum absolute atomic E-state index is 0.691. The summed E-state index contributed by atoms with van der Waals surface area (Å²) in [6, 6.07) is 11.2. The Bertz CT molecular complexity index is 955.